The molecule has 7 nitrogen and oxygen atoms in total. The lowest BCUT2D eigenvalue weighted by atomic mass is 10.0. The van der Waals surface area contributed by atoms with Gasteiger partial charge < -0.3 is 10.4 Å². The summed E-state index contributed by atoms with van der Waals surface area (Å²) in [5.41, 5.74) is 0.737. The maximum Gasteiger partial charge on any atom is 0.326 e. The van der Waals surface area contributed by atoms with Crippen LogP contribution in [-0.4, -0.2) is 50.8 Å². The van der Waals surface area contributed by atoms with E-state index < -0.39 is 23.2 Å². The summed E-state index contributed by atoms with van der Waals surface area (Å²) < 4.78 is 0. The molecule has 0 saturated carbocycles. The van der Waals surface area contributed by atoms with E-state index in [2.05, 4.69) is 11.9 Å². The van der Waals surface area contributed by atoms with Gasteiger partial charge in [0.15, 0.2) is 5.17 Å². The highest BCUT2D eigenvalue weighted by Crippen LogP contribution is 2.34. The van der Waals surface area contributed by atoms with E-state index in [4.69, 9.17) is 4.99 Å². The standard InChI is InChI=1S/C24H27N3O4S/c1-4-12-27-22(29)20(14-21(28)25-19(23(30)31)13-15(2)3)32-24(27)26-18-11-7-9-16-8-5-6-10-17(16)18/h4-11,15,19-20H,1,12-14H2,2-3H3,(H,25,28)(H,30,31). The molecule has 1 aliphatic rings. The van der Waals surface area contributed by atoms with E-state index >= 15 is 0 Å². The molecule has 1 saturated heterocycles. The minimum atomic E-state index is -1.08. The maximum absolute atomic E-state index is 13.0. The van der Waals surface area contributed by atoms with E-state index in [9.17, 15) is 19.5 Å². The SMILES string of the molecule is C=CCN1C(=O)C(CC(=O)NC(CC(C)C)C(=O)O)SC1=Nc1cccc2ccccc12. The number of aliphatic carboxylic acids is 1. The quantitative estimate of drug-likeness (QED) is 0.560. The normalized spacial score (nSPS) is 18.3. The van der Waals surface area contributed by atoms with Crippen molar-refractivity contribution >= 4 is 51.2 Å². The number of hydrogen-bond acceptors (Lipinski definition) is 5. The Bertz CT molecular complexity index is 1060. The molecule has 8 heteroatoms. The molecule has 1 heterocycles. The van der Waals surface area contributed by atoms with Crippen LogP contribution in [0.25, 0.3) is 10.8 Å². The average molecular weight is 454 g/mol. The molecule has 0 radical (unpaired) electrons. The second-order valence-corrected chi connectivity index (χ2v) is 9.20. The van der Waals surface area contributed by atoms with Crippen LogP contribution in [0.4, 0.5) is 5.69 Å². The number of nitrogens with one attached hydrogen (secondary N) is 1. The number of carboxylic acids is 1. The molecule has 0 bridgehead atoms. The van der Waals surface area contributed by atoms with Crippen molar-refractivity contribution in [2.24, 2.45) is 10.9 Å². The summed E-state index contributed by atoms with van der Waals surface area (Å²) in [6.07, 6.45) is 1.82. The van der Waals surface area contributed by atoms with Gasteiger partial charge in [0, 0.05) is 18.4 Å². The molecule has 2 amide bonds. The van der Waals surface area contributed by atoms with Crippen LogP contribution in [-0.2, 0) is 14.4 Å². The Kier molecular flexibility index (Phi) is 7.69. The van der Waals surface area contributed by atoms with E-state index in [1.54, 1.807) is 6.08 Å². The van der Waals surface area contributed by atoms with E-state index in [-0.39, 0.29) is 24.8 Å². The molecule has 0 spiro atoms. The van der Waals surface area contributed by atoms with Crippen LogP contribution in [0.3, 0.4) is 0 Å². The lowest BCUT2D eigenvalue weighted by molar-refractivity contribution is -0.142. The first-order valence-corrected chi connectivity index (χ1v) is 11.4. The van der Waals surface area contributed by atoms with Crippen molar-refractivity contribution in [1.29, 1.82) is 0 Å². The first-order valence-electron chi connectivity index (χ1n) is 10.5. The number of rotatable bonds is 9. The smallest absolute Gasteiger partial charge is 0.326 e. The molecule has 2 atom stereocenters. The largest absolute Gasteiger partial charge is 0.480 e. The van der Waals surface area contributed by atoms with Crippen molar-refractivity contribution in [3.05, 3.63) is 55.1 Å². The first kappa shape index (κ1) is 23.5. The third-order valence-corrected chi connectivity index (χ3v) is 6.20. The lowest BCUT2D eigenvalue weighted by Gasteiger charge is -2.17. The fourth-order valence-corrected chi connectivity index (χ4v) is 4.71. The number of carbonyl (C=O) groups excluding carboxylic acids is 2. The van der Waals surface area contributed by atoms with Gasteiger partial charge in [-0.2, -0.15) is 0 Å². The number of amidine groups is 1. The Morgan fingerprint density at radius 1 is 1.25 bits per heavy atom. The van der Waals surface area contributed by atoms with Crippen molar-refractivity contribution in [3.8, 4) is 0 Å². The zero-order chi connectivity index (χ0) is 23.3. The van der Waals surface area contributed by atoms with E-state index in [0.717, 1.165) is 16.5 Å². The van der Waals surface area contributed by atoms with Gasteiger partial charge in [0.05, 0.1) is 5.69 Å². The van der Waals surface area contributed by atoms with Crippen LogP contribution in [0.15, 0.2) is 60.1 Å². The lowest BCUT2D eigenvalue weighted by Crippen LogP contribution is -2.43. The molecule has 2 aromatic carbocycles. The fourth-order valence-electron chi connectivity index (χ4n) is 3.55. The molecule has 2 aromatic rings. The molecule has 0 aromatic heterocycles. The molecule has 168 valence electrons. The number of hydrogen-bond donors (Lipinski definition) is 2. The molecule has 1 aliphatic heterocycles. The Hall–Kier alpha value is -3.13. The monoisotopic (exact) mass is 453 g/mol. The molecular weight excluding hydrogens is 426 g/mol. The summed E-state index contributed by atoms with van der Waals surface area (Å²) in [4.78, 5) is 43.2. The third-order valence-electron chi connectivity index (χ3n) is 5.03. The zero-order valence-electron chi connectivity index (χ0n) is 18.2. The predicted octanol–water partition coefficient (Wildman–Crippen LogP) is 3.96. The Morgan fingerprint density at radius 3 is 2.66 bits per heavy atom. The molecule has 0 aliphatic carbocycles. The third kappa shape index (κ3) is 5.56. The molecular formula is C24H27N3O4S. The van der Waals surface area contributed by atoms with Gasteiger partial charge in [-0.15, -0.1) is 6.58 Å². The van der Waals surface area contributed by atoms with Gasteiger partial charge in [-0.1, -0.05) is 68.1 Å². The van der Waals surface area contributed by atoms with E-state index in [1.165, 1.54) is 16.7 Å². The van der Waals surface area contributed by atoms with Gasteiger partial charge >= 0.3 is 5.97 Å². The van der Waals surface area contributed by atoms with Crippen LogP contribution in [0, 0.1) is 5.92 Å². The minimum absolute atomic E-state index is 0.112. The minimum Gasteiger partial charge on any atom is -0.480 e. The summed E-state index contributed by atoms with van der Waals surface area (Å²) in [7, 11) is 0. The second-order valence-electron chi connectivity index (χ2n) is 8.03. The number of fused-ring (bicyclic) bond motifs is 1. The number of carbonyl (C=O) groups is 3. The highest BCUT2D eigenvalue weighted by Gasteiger charge is 2.39. The first-order chi connectivity index (χ1) is 15.3. The molecule has 3 rings (SSSR count). The van der Waals surface area contributed by atoms with Crippen LogP contribution in [0.5, 0.6) is 0 Å². The molecule has 1 fully saturated rings. The number of amides is 2. The van der Waals surface area contributed by atoms with Gasteiger partial charge in [0.1, 0.15) is 11.3 Å². The number of thioether (sulfide) groups is 1. The Labute approximate surface area is 191 Å². The fraction of sp³-hybridized carbons (Fsp3) is 0.333. The van der Waals surface area contributed by atoms with E-state index in [1.807, 2.05) is 56.3 Å². The number of nitrogens with zero attached hydrogens (tertiary/aromatic N) is 2. The number of benzene rings is 2. The van der Waals surface area contributed by atoms with Crippen LogP contribution in [0.2, 0.25) is 0 Å². The highest BCUT2D eigenvalue weighted by atomic mass is 32.2. The number of carboxylic acid groups (broad SMARTS) is 1. The summed E-state index contributed by atoms with van der Waals surface area (Å²) >= 11 is 1.22. The van der Waals surface area contributed by atoms with Crippen LogP contribution in [0.1, 0.15) is 26.7 Å². The van der Waals surface area contributed by atoms with Crippen LogP contribution < -0.4 is 5.32 Å². The Balaban J connectivity index is 1.80. The van der Waals surface area contributed by atoms with Gasteiger partial charge in [-0.05, 0) is 23.8 Å². The van der Waals surface area contributed by atoms with Gasteiger partial charge in [0.25, 0.3) is 0 Å². The van der Waals surface area contributed by atoms with E-state index in [0.29, 0.717) is 11.6 Å². The second kappa shape index (κ2) is 10.5. The predicted molar refractivity (Wildman–Crippen MR) is 128 cm³/mol. The number of aliphatic imine (C=N–C) groups is 1. The molecule has 32 heavy (non-hydrogen) atoms. The Morgan fingerprint density at radius 2 is 1.97 bits per heavy atom. The van der Waals surface area contributed by atoms with Crippen molar-refractivity contribution in [3.63, 3.8) is 0 Å². The van der Waals surface area contributed by atoms with Gasteiger partial charge in [-0.3, -0.25) is 14.5 Å². The maximum atomic E-state index is 13.0. The van der Waals surface area contributed by atoms with Crippen molar-refractivity contribution in [2.45, 2.75) is 38.0 Å². The topological polar surface area (TPSA) is 99.1 Å². The van der Waals surface area contributed by atoms with Gasteiger partial charge in [0.2, 0.25) is 11.8 Å². The van der Waals surface area contributed by atoms with Crippen molar-refractivity contribution in [1.82, 2.24) is 10.2 Å². The summed E-state index contributed by atoms with van der Waals surface area (Å²) in [5.74, 6) is -1.67. The molecule has 2 unspecified atom stereocenters. The van der Waals surface area contributed by atoms with Crippen molar-refractivity contribution < 1.29 is 19.5 Å². The molecule has 2 N–H and O–H groups in total. The van der Waals surface area contributed by atoms with Gasteiger partial charge in [-0.25, -0.2) is 9.79 Å². The summed E-state index contributed by atoms with van der Waals surface area (Å²) in [5, 5.41) is 13.8. The summed E-state index contributed by atoms with van der Waals surface area (Å²) in [6.45, 7) is 7.78. The zero-order valence-corrected chi connectivity index (χ0v) is 19.0. The average Bonchev–Trinajstić information content (AvgIpc) is 3.02. The van der Waals surface area contributed by atoms with Crippen molar-refractivity contribution in [2.75, 3.05) is 6.54 Å². The highest BCUT2D eigenvalue weighted by molar-refractivity contribution is 8.15. The summed E-state index contributed by atoms with van der Waals surface area (Å²) in [6, 6.07) is 12.7. The van der Waals surface area contributed by atoms with Crippen LogP contribution >= 0.6 is 11.8 Å².